The molecule has 2 amide bonds. The predicted molar refractivity (Wildman–Crippen MR) is 68.9 cm³/mol. The Morgan fingerprint density at radius 3 is 2.84 bits per heavy atom. The third-order valence-electron chi connectivity index (χ3n) is 3.66. The zero-order chi connectivity index (χ0) is 13.7. The molecule has 1 saturated heterocycles. The number of ether oxygens (including phenoxy) is 1. The van der Waals surface area contributed by atoms with Gasteiger partial charge in [0, 0.05) is 13.1 Å². The summed E-state index contributed by atoms with van der Waals surface area (Å²) in [6.07, 6.45) is 4.79. The normalized spacial score (nSPS) is 23.2. The highest BCUT2D eigenvalue weighted by Crippen LogP contribution is 2.33. The Balaban J connectivity index is 1.72. The van der Waals surface area contributed by atoms with Gasteiger partial charge in [-0.1, -0.05) is 12.8 Å². The number of nitrogens with zero attached hydrogens (tertiary/aromatic N) is 1. The minimum Gasteiger partial charge on any atom is -0.481 e. The molecule has 1 atom stereocenters. The lowest BCUT2D eigenvalue weighted by atomic mass is 10.1. The molecule has 2 rings (SSSR count). The first-order valence-electron chi connectivity index (χ1n) is 7.01. The van der Waals surface area contributed by atoms with Crippen LogP contribution in [-0.2, 0) is 9.53 Å². The molecule has 1 aliphatic heterocycles. The van der Waals surface area contributed by atoms with Gasteiger partial charge in [-0.15, -0.1) is 0 Å². The third kappa shape index (κ3) is 4.70. The molecular formula is C13H22N2O4. The number of nitrogens with one attached hydrogen (secondary N) is 1. The molecule has 0 radical (unpaired) electrons. The third-order valence-corrected chi connectivity index (χ3v) is 3.66. The van der Waals surface area contributed by atoms with Crippen molar-refractivity contribution in [3.63, 3.8) is 0 Å². The molecule has 1 aliphatic carbocycles. The SMILES string of the molecule is O=C(O)CC1COCCN1C(=O)NCCCC1CC1. The van der Waals surface area contributed by atoms with E-state index in [1.807, 2.05) is 0 Å². The van der Waals surface area contributed by atoms with Gasteiger partial charge in [-0.25, -0.2) is 4.79 Å². The van der Waals surface area contributed by atoms with Gasteiger partial charge in [0.25, 0.3) is 0 Å². The van der Waals surface area contributed by atoms with E-state index in [4.69, 9.17) is 9.84 Å². The van der Waals surface area contributed by atoms with Gasteiger partial charge in [-0.3, -0.25) is 4.79 Å². The van der Waals surface area contributed by atoms with Crippen LogP contribution in [0, 0.1) is 5.92 Å². The highest BCUT2D eigenvalue weighted by molar-refractivity contribution is 5.76. The summed E-state index contributed by atoms with van der Waals surface area (Å²) < 4.78 is 5.24. The first-order chi connectivity index (χ1) is 9.16. The van der Waals surface area contributed by atoms with Gasteiger partial charge in [0.15, 0.2) is 0 Å². The Hall–Kier alpha value is -1.30. The van der Waals surface area contributed by atoms with Crippen LogP contribution in [0.1, 0.15) is 32.1 Å². The second kappa shape index (κ2) is 6.75. The van der Waals surface area contributed by atoms with E-state index < -0.39 is 5.97 Å². The number of carbonyl (C=O) groups is 2. The molecule has 2 aliphatic rings. The average Bonchev–Trinajstić information content (AvgIpc) is 3.18. The summed E-state index contributed by atoms with van der Waals surface area (Å²) in [4.78, 5) is 24.4. The average molecular weight is 270 g/mol. The Bertz CT molecular complexity index is 331. The van der Waals surface area contributed by atoms with E-state index in [2.05, 4.69) is 5.32 Å². The van der Waals surface area contributed by atoms with E-state index >= 15 is 0 Å². The fraction of sp³-hybridized carbons (Fsp3) is 0.846. The lowest BCUT2D eigenvalue weighted by Crippen LogP contribution is -2.53. The van der Waals surface area contributed by atoms with Gasteiger partial charge in [0.1, 0.15) is 0 Å². The summed E-state index contributed by atoms with van der Waals surface area (Å²) in [6.45, 7) is 1.92. The Morgan fingerprint density at radius 1 is 1.37 bits per heavy atom. The van der Waals surface area contributed by atoms with E-state index in [1.165, 1.54) is 19.3 Å². The topological polar surface area (TPSA) is 78.9 Å². The lowest BCUT2D eigenvalue weighted by molar-refractivity contribution is -0.139. The first kappa shape index (κ1) is 14.1. The summed E-state index contributed by atoms with van der Waals surface area (Å²) in [7, 11) is 0. The molecule has 1 heterocycles. The van der Waals surface area contributed by atoms with Crippen molar-refractivity contribution in [2.45, 2.75) is 38.1 Å². The van der Waals surface area contributed by atoms with Crippen molar-refractivity contribution in [3.8, 4) is 0 Å². The van der Waals surface area contributed by atoms with Gasteiger partial charge < -0.3 is 20.1 Å². The largest absolute Gasteiger partial charge is 0.481 e. The highest BCUT2D eigenvalue weighted by Gasteiger charge is 2.29. The van der Waals surface area contributed by atoms with E-state index in [0.29, 0.717) is 26.3 Å². The second-order valence-electron chi connectivity index (χ2n) is 5.34. The van der Waals surface area contributed by atoms with Crippen LogP contribution in [0.15, 0.2) is 0 Å². The Kier molecular flexibility index (Phi) is 5.01. The van der Waals surface area contributed by atoms with Crippen LogP contribution >= 0.6 is 0 Å². The second-order valence-corrected chi connectivity index (χ2v) is 5.34. The van der Waals surface area contributed by atoms with Crippen molar-refractivity contribution in [3.05, 3.63) is 0 Å². The van der Waals surface area contributed by atoms with Crippen LogP contribution in [0.25, 0.3) is 0 Å². The maximum atomic E-state index is 12.0. The number of rotatable bonds is 6. The van der Waals surface area contributed by atoms with Crippen molar-refractivity contribution in [2.24, 2.45) is 5.92 Å². The molecule has 0 aromatic carbocycles. The Morgan fingerprint density at radius 2 is 2.16 bits per heavy atom. The van der Waals surface area contributed by atoms with Crippen molar-refractivity contribution < 1.29 is 19.4 Å². The fourth-order valence-corrected chi connectivity index (χ4v) is 2.39. The summed E-state index contributed by atoms with van der Waals surface area (Å²) in [5, 5.41) is 11.7. The van der Waals surface area contributed by atoms with E-state index in [-0.39, 0.29) is 18.5 Å². The van der Waals surface area contributed by atoms with Crippen LogP contribution < -0.4 is 5.32 Å². The summed E-state index contributed by atoms with van der Waals surface area (Å²) in [5.74, 6) is -0.0259. The van der Waals surface area contributed by atoms with Crippen molar-refractivity contribution >= 4 is 12.0 Å². The molecule has 2 N–H and O–H groups in total. The van der Waals surface area contributed by atoms with Crippen LogP contribution in [0.2, 0.25) is 0 Å². The minimum atomic E-state index is -0.901. The number of hydrogen-bond donors (Lipinski definition) is 2. The monoisotopic (exact) mass is 270 g/mol. The van der Waals surface area contributed by atoms with Crippen molar-refractivity contribution in [1.29, 1.82) is 0 Å². The molecule has 6 nitrogen and oxygen atoms in total. The number of carboxylic acid groups (broad SMARTS) is 1. The summed E-state index contributed by atoms with van der Waals surface area (Å²) >= 11 is 0. The highest BCUT2D eigenvalue weighted by atomic mass is 16.5. The standard InChI is InChI=1S/C13H22N2O4/c16-12(17)8-11-9-19-7-6-15(11)13(18)14-5-1-2-10-3-4-10/h10-11H,1-9H2,(H,14,18)(H,16,17). The van der Waals surface area contributed by atoms with Crippen LogP contribution in [-0.4, -0.2) is 54.4 Å². The number of hydrogen-bond acceptors (Lipinski definition) is 3. The minimum absolute atomic E-state index is 0.0600. The smallest absolute Gasteiger partial charge is 0.317 e. The van der Waals surface area contributed by atoms with Gasteiger partial charge in [-0.2, -0.15) is 0 Å². The van der Waals surface area contributed by atoms with Crippen LogP contribution in [0.3, 0.4) is 0 Å². The maximum Gasteiger partial charge on any atom is 0.317 e. The van der Waals surface area contributed by atoms with Crippen LogP contribution in [0.5, 0.6) is 0 Å². The molecule has 1 unspecified atom stereocenters. The quantitative estimate of drug-likeness (QED) is 0.707. The first-order valence-corrected chi connectivity index (χ1v) is 7.01. The predicted octanol–water partition coefficient (Wildman–Crippen LogP) is 1.06. The molecule has 0 aromatic heterocycles. The number of morpholine rings is 1. The molecular weight excluding hydrogens is 248 g/mol. The lowest BCUT2D eigenvalue weighted by Gasteiger charge is -2.34. The number of carbonyl (C=O) groups excluding carboxylic acids is 1. The molecule has 2 fully saturated rings. The summed E-state index contributed by atoms with van der Waals surface area (Å²) in [6, 6.07) is -0.514. The molecule has 0 aromatic rings. The Labute approximate surface area is 113 Å². The molecule has 0 spiro atoms. The molecule has 1 saturated carbocycles. The summed E-state index contributed by atoms with van der Waals surface area (Å²) in [5.41, 5.74) is 0. The van der Waals surface area contributed by atoms with Gasteiger partial charge >= 0.3 is 12.0 Å². The van der Waals surface area contributed by atoms with Gasteiger partial charge in [0.05, 0.1) is 25.7 Å². The fourth-order valence-electron chi connectivity index (χ4n) is 2.39. The molecule has 108 valence electrons. The maximum absolute atomic E-state index is 12.0. The number of amides is 2. The van der Waals surface area contributed by atoms with Gasteiger partial charge in [-0.05, 0) is 18.8 Å². The number of urea groups is 1. The van der Waals surface area contributed by atoms with Crippen molar-refractivity contribution in [2.75, 3.05) is 26.3 Å². The zero-order valence-corrected chi connectivity index (χ0v) is 11.1. The van der Waals surface area contributed by atoms with E-state index in [1.54, 1.807) is 4.90 Å². The van der Waals surface area contributed by atoms with Gasteiger partial charge in [0.2, 0.25) is 0 Å². The molecule has 0 bridgehead atoms. The van der Waals surface area contributed by atoms with Crippen molar-refractivity contribution in [1.82, 2.24) is 10.2 Å². The molecule has 19 heavy (non-hydrogen) atoms. The molecule has 6 heteroatoms. The van der Waals surface area contributed by atoms with Crippen LogP contribution in [0.4, 0.5) is 4.79 Å². The van der Waals surface area contributed by atoms with E-state index in [0.717, 1.165) is 12.3 Å². The number of aliphatic carboxylic acids is 1. The number of carboxylic acids is 1. The van der Waals surface area contributed by atoms with E-state index in [9.17, 15) is 9.59 Å². The zero-order valence-electron chi connectivity index (χ0n) is 11.1.